The Kier molecular flexibility index (Phi) is 8.50. The van der Waals surface area contributed by atoms with Gasteiger partial charge < -0.3 is 4.74 Å². The van der Waals surface area contributed by atoms with Gasteiger partial charge in [0.25, 0.3) is 0 Å². The molecule has 106 valence electrons. The van der Waals surface area contributed by atoms with E-state index in [0.717, 1.165) is 39.2 Å². The molecule has 0 saturated heterocycles. The van der Waals surface area contributed by atoms with Gasteiger partial charge in [-0.15, -0.1) is 0 Å². The van der Waals surface area contributed by atoms with Crippen molar-refractivity contribution in [1.29, 1.82) is 0 Å². The third-order valence-corrected chi connectivity index (χ3v) is 2.59. The highest BCUT2D eigenvalue weighted by Gasteiger charge is 2.26. The Balaban J connectivity index is 4.12. The minimum absolute atomic E-state index is 0.0465. The zero-order valence-corrected chi connectivity index (χ0v) is 11.0. The second kappa shape index (κ2) is 9.00. The second-order valence-corrected chi connectivity index (χ2v) is 4.22. The molecule has 0 aliphatic heterocycles. The monoisotopic (exact) mass is 266 g/mol. The lowest BCUT2D eigenvalue weighted by atomic mass is 10.0. The van der Waals surface area contributed by atoms with Gasteiger partial charge in [-0.1, -0.05) is 39.0 Å². The van der Waals surface area contributed by atoms with E-state index in [2.05, 4.69) is 11.7 Å². The average molecular weight is 266 g/mol. The first-order valence-corrected chi connectivity index (χ1v) is 6.27. The number of rotatable bonds is 8. The highest BCUT2D eigenvalue weighted by atomic mass is 19.4. The van der Waals surface area contributed by atoms with Crippen molar-refractivity contribution >= 4 is 5.97 Å². The molecule has 0 bridgehead atoms. The van der Waals surface area contributed by atoms with Crippen LogP contribution in [0.3, 0.4) is 0 Å². The maximum Gasteiger partial charge on any atom is 0.410 e. The molecule has 18 heavy (non-hydrogen) atoms. The molecule has 0 aromatic carbocycles. The van der Waals surface area contributed by atoms with Gasteiger partial charge in [-0.25, -0.2) is 4.79 Å². The van der Waals surface area contributed by atoms with E-state index in [-0.39, 0.29) is 18.1 Å². The van der Waals surface area contributed by atoms with Crippen LogP contribution in [0.2, 0.25) is 0 Å². The van der Waals surface area contributed by atoms with Crippen LogP contribution >= 0.6 is 0 Å². The number of methoxy groups -OCH3 is 1. The number of alkyl halides is 3. The van der Waals surface area contributed by atoms with Crippen LogP contribution in [0.25, 0.3) is 0 Å². The number of halogens is 3. The maximum absolute atomic E-state index is 12.2. The van der Waals surface area contributed by atoms with Crippen molar-refractivity contribution in [2.75, 3.05) is 7.11 Å². The molecule has 0 saturated carbocycles. The molecule has 2 nitrogen and oxygen atoms in total. The van der Waals surface area contributed by atoms with E-state index in [0.29, 0.717) is 6.42 Å². The molecule has 0 aliphatic carbocycles. The maximum atomic E-state index is 12.2. The van der Waals surface area contributed by atoms with Crippen LogP contribution < -0.4 is 0 Å². The molecule has 0 aromatic rings. The minimum Gasteiger partial charge on any atom is -0.466 e. The minimum atomic E-state index is -4.47. The molecular formula is C13H21F3O2. The van der Waals surface area contributed by atoms with Gasteiger partial charge >= 0.3 is 12.1 Å². The number of hydrogen-bond acceptors (Lipinski definition) is 2. The molecule has 5 heteroatoms. The quantitative estimate of drug-likeness (QED) is 0.370. The fourth-order valence-electron chi connectivity index (χ4n) is 1.66. The molecule has 0 aliphatic rings. The first kappa shape index (κ1) is 17.0. The van der Waals surface area contributed by atoms with Crippen molar-refractivity contribution in [3.8, 4) is 0 Å². The highest BCUT2D eigenvalue weighted by Crippen LogP contribution is 2.22. The molecule has 0 unspecified atom stereocenters. The first-order valence-electron chi connectivity index (χ1n) is 6.27. The van der Waals surface area contributed by atoms with Crippen LogP contribution in [0, 0.1) is 0 Å². The Labute approximate surface area is 106 Å². The van der Waals surface area contributed by atoms with Crippen molar-refractivity contribution < 1.29 is 22.7 Å². The van der Waals surface area contributed by atoms with Gasteiger partial charge in [-0.2, -0.15) is 13.2 Å². The van der Waals surface area contributed by atoms with Crippen LogP contribution in [0.5, 0.6) is 0 Å². The SMILES string of the molecule is CCCCCCCCC(=CC(F)(F)F)C(=O)OC. The molecule has 0 amide bonds. The lowest BCUT2D eigenvalue weighted by Gasteiger charge is -2.07. The molecule has 0 atom stereocenters. The zero-order valence-electron chi connectivity index (χ0n) is 11.0. The van der Waals surface area contributed by atoms with Crippen LogP contribution in [0.1, 0.15) is 51.9 Å². The molecule has 0 radical (unpaired) electrons. The number of allylic oxidation sites excluding steroid dienone is 1. The summed E-state index contributed by atoms with van der Waals surface area (Å²) < 4.78 is 40.9. The van der Waals surface area contributed by atoms with Gasteiger partial charge in [0.15, 0.2) is 0 Å². The van der Waals surface area contributed by atoms with Crippen LogP contribution in [-0.4, -0.2) is 19.3 Å². The van der Waals surface area contributed by atoms with E-state index in [1.54, 1.807) is 0 Å². The summed E-state index contributed by atoms with van der Waals surface area (Å²) >= 11 is 0. The van der Waals surface area contributed by atoms with Gasteiger partial charge in [0.2, 0.25) is 0 Å². The Hall–Kier alpha value is -1.00. The Morgan fingerprint density at radius 3 is 2.17 bits per heavy atom. The molecule has 0 heterocycles. The van der Waals surface area contributed by atoms with Gasteiger partial charge in [0.1, 0.15) is 0 Å². The van der Waals surface area contributed by atoms with Crippen molar-refractivity contribution in [2.45, 2.75) is 58.0 Å². The first-order chi connectivity index (χ1) is 8.40. The number of unbranched alkanes of at least 4 members (excludes halogenated alkanes) is 5. The predicted octanol–water partition coefficient (Wildman–Crippen LogP) is 4.40. The number of carbonyl (C=O) groups excluding carboxylic acids is 1. The Bertz CT molecular complexity index is 270. The third-order valence-electron chi connectivity index (χ3n) is 2.59. The van der Waals surface area contributed by atoms with Crippen LogP contribution in [-0.2, 0) is 9.53 Å². The predicted molar refractivity (Wildman–Crippen MR) is 64.1 cm³/mol. The van der Waals surface area contributed by atoms with E-state index in [9.17, 15) is 18.0 Å². The molecule has 0 aromatic heterocycles. The molecule has 0 fully saturated rings. The lowest BCUT2D eigenvalue weighted by molar-refractivity contribution is -0.137. The smallest absolute Gasteiger partial charge is 0.410 e. The van der Waals surface area contributed by atoms with Gasteiger partial charge in [0, 0.05) is 11.6 Å². The molecule has 0 rings (SSSR count). The van der Waals surface area contributed by atoms with Crippen molar-refractivity contribution in [2.24, 2.45) is 0 Å². The molecular weight excluding hydrogens is 245 g/mol. The second-order valence-electron chi connectivity index (χ2n) is 4.22. The summed E-state index contributed by atoms with van der Waals surface area (Å²) in [6.07, 6.45) is 1.48. The Morgan fingerprint density at radius 2 is 1.67 bits per heavy atom. The van der Waals surface area contributed by atoms with Gasteiger partial charge in [-0.3, -0.25) is 0 Å². The lowest BCUT2D eigenvalue weighted by Crippen LogP contribution is -2.11. The van der Waals surface area contributed by atoms with Gasteiger partial charge in [-0.05, 0) is 12.8 Å². The zero-order chi connectivity index (χ0) is 14.0. The number of carbonyl (C=O) groups is 1. The van der Waals surface area contributed by atoms with Gasteiger partial charge in [0.05, 0.1) is 7.11 Å². The summed E-state index contributed by atoms with van der Waals surface area (Å²) in [5.41, 5.74) is -0.291. The third kappa shape index (κ3) is 9.07. The summed E-state index contributed by atoms with van der Waals surface area (Å²) in [5, 5.41) is 0. The fourth-order valence-corrected chi connectivity index (χ4v) is 1.66. The van der Waals surface area contributed by atoms with Crippen LogP contribution in [0.15, 0.2) is 11.6 Å². The molecule has 0 spiro atoms. The van der Waals surface area contributed by atoms with Crippen molar-refractivity contribution in [3.63, 3.8) is 0 Å². The number of hydrogen-bond donors (Lipinski definition) is 0. The van der Waals surface area contributed by atoms with Crippen LogP contribution in [0.4, 0.5) is 13.2 Å². The summed E-state index contributed by atoms with van der Waals surface area (Å²) in [7, 11) is 1.09. The fraction of sp³-hybridized carbons (Fsp3) is 0.769. The highest BCUT2D eigenvalue weighted by molar-refractivity contribution is 5.88. The van der Waals surface area contributed by atoms with E-state index in [4.69, 9.17) is 0 Å². The van der Waals surface area contributed by atoms with Crippen molar-refractivity contribution in [1.82, 2.24) is 0 Å². The standard InChI is InChI=1S/C13H21F3O2/c1-3-4-5-6-7-8-9-11(12(17)18-2)10-13(14,15)16/h10H,3-9H2,1-2H3. The number of esters is 1. The largest absolute Gasteiger partial charge is 0.466 e. The topological polar surface area (TPSA) is 26.3 Å². The van der Waals surface area contributed by atoms with Crippen molar-refractivity contribution in [3.05, 3.63) is 11.6 Å². The summed E-state index contributed by atoms with van der Waals surface area (Å²) in [4.78, 5) is 11.2. The summed E-state index contributed by atoms with van der Waals surface area (Å²) in [6.45, 7) is 2.10. The van der Waals surface area contributed by atoms with E-state index in [1.807, 2.05) is 0 Å². The molecule has 0 N–H and O–H groups in total. The number of ether oxygens (including phenoxy) is 1. The summed E-state index contributed by atoms with van der Waals surface area (Å²) in [6, 6.07) is 0. The van der Waals surface area contributed by atoms with E-state index < -0.39 is 12.1 Å². The average Bonchev–Trinajstić information content (AvgIpc) is 2.29. The summed E-state index contributed by atoms with van der Waals surface area (Å²) in [5.74, 6) is -0.888. The Morgan fingerprint density at radius 1 is 1.11 bits per heavy atom. The van der Waals surface area contributed by atoms with E-state index >= 15 is 0 Å². The normalized spacial score (nSPS) is 12.6. The van der Waals surface area contributed by atoms with E-state index in [1.165, 1.54) is 0 Å².